The normalized spacial score (nSPS) is 14.8. The molecule has 29 heavy (non-hydrogen) atoms. The topological polar surface area (TPSA) is 51.0 Å². The van der Waals surface area contributed by atoms with Crippen LogP contribution in [-0.4, -0.2) is 34.2 Å². The van der Waals surface area contributed by atoms with Gasteiger partial charge in [0.1, 0.15) is 17.0 Å². The van der Waals surface area contributed by atoms with Crippen molar-refractivity contribution in [2.75, 3.05) is 18.2 Å². The third-order valence-corrected chi connectivity index (χ3v) is 6.02. The summed E-state index contributed by atoms with van der Waals surface area (Å²) in [6.07, 6.45) is 1.07. The molecule has 0 radical (unpaired) electrons. The largest absolute Gasteiger partial charge is 0.433 e. The predicted octanol–water partition coefficient (Wildman–Crippen LogP) is 5.02. The van der Waals surface area contributed by atoms with E-state index in [-0.39, 0.29) is 11.6 Å². The van der Waals surface area contributed by atoms with E-state index < -0.39 is 11.9 Å². The van der Waals surface area contributed by atoms with Crippen molar-refractivity contribution in [1.82, 2.24) is 14.5 Å². The van der Waals surface area contributed by atoms with Crippen LogP contribution < -0.4 is 4.90 Å². The molecule has 0 aliphatic heterocycles. The predicted molar refractivity (Wildman–Crippen MR) is 107 cm³/mol. The Morgan fingerprint density at radius 1 is 1.21 bits per heavy atom. The number of hydrogen-bond acceptors (Lipinski definition) is 4. The molecule has 0 N–H and O–H groups in total. The molecule has 0 bridgehead atoms. The van der Waals surface area contributed by atoms with E-state index in [1.807, 2.05) is 12.3 Å². The van der Waals surface area contributed by atoms with Crippen LogP contribution in [0.25, 0.3) is 16.9 Å². The number of aromatic nitrogens is 3. The maximum absolute atomic E-state index is 13.3. The zero-order chi connectivity index (χ0) is 20.8. The van der Waals surface area contributed by atoms with Gasteiger partial charge in [-0.05, 0) is 49.4 Å². The molecule has 1 amide bonds. The molecule has 0 atom stereocenters. The van der Waals surface area contributed by atoms with Crippen LogP contribution in [0.5, 0.6) is 0 Å². The lowest BCUT2D eigenvalue weighted by Crippen LogP contribution is -2.16. The van der Waals surface area contributed by atoms with Gasteiger partial charge in [0.25, 0.3) is 0 Å². The molecule has 4 rings (SSSR count). The number of hydrogen-bond donors (Lipinski definition) is 0. The van der Waals surface area contributed by atoms with Crippen molar-refractivity contribution >= 4 is 35.0 Å². The third kappa shape index (κ3) is 3.48. The van der Waals surface area contributed by atoms with E-state index in [9.17, 15) is 18.0 Å². The smallest absolute Gasteiger partial charge is 0.317 e. The van der Waals surface area contributed by atoms with Gasteiger partial charge in [0.2, 0.25) is 6.41 Å². The minimum absolute atomic E-state index is 0.199. The van der Waals surface area contributed by atoms with E-state index in [2.05, 4.69) is 9.97 Å². The Kier molecular flexibility index (Phi) is 5.02. The first-order chi connectivity index (χ1) is 13.8. The zero-order valence-electron chi connectivity index (χ0n) is 15.9. The Bertz CT molecular complexity index is 1080. The van der Waals surface area contributed by atoms with Crippen LogP contribution in [0.1, 0.15) is 36.7 Å². The molecule has 1 aliphatic rings. The fraction of sp³-hybridized carbons (Fsp3) is 0.350. The Balaban J connectivity index is 1.94. The van der Waals surface area contributed by atoms with Crippen molar-refractivity contribution in [2.45, 2.75) is 36.3 Å². The first-order valence-electron chi connectivity index (χ1n) is 9.16. The summed E-state index contributed by atoms with van der Waals surface area (Å²) in [6, 6.07) is 7.80. The number of fused-ring (bicyclic) bond motifs is 1. The van der Waals surface area contributed by atoms with Crippen LogP contribution in [0.15, 0.2) is 35.2 Å². The van der Waals surface area contributed by atoms with Gasteiger partial charge in [-0.2, -0.15) is 13.2 Å². The summed E-state index contributed by atoms with van der Waals surface area (Å²) in [4.78, 5) is 22.0. The zero-order valence-corrected chi connectivity index (χ0v) is 16.7. The van der Waals surface area contributed by atoms with Crippen molar-refractivity contribution in [1.29, 1.82) is 0 Å². The first-order valence-corrected chi connectivity index (χ1v) is 10.4. The van der Waals surface area contributed by atoms with E-state index in [1.165, 1.54) is 22.7 Å². The quantitative estimate of drug-likeness (QED) is 0.430. The summed E-state index contributed by atoms with van der Waals surface area (Å²) in [5.41, 5.74) is 1.13. The number of pyridine rings is 1. The van der Waals surface area contributed by atoms with Gasteiger partial charge in [-0.25, -0.2) is 9.97 Å². The number of thioether (sulfide) groups is 1. The van der Waals surface area contributed by atoms with Gasteiger partial charge in [-0.1, -0.05) is 6.42 Å². The van der Waals surface area contributed by atoms with Gasteiger partial charge in [0.05, 0.1) is 11.4 Å². The summed E-state index contributed by atoms with van der Waals surface area (Å²) in [5, 5.41) is 0. The van der Waals surface area contributed by atoms with Crippen LogP contribution in [0.3, 0.4) is 0 Å². The van der Waals surface area contributed by atoms with Gasteiger partial charge >= 0.3 is 6.18 Å². The van der Waals surface area contributed by atoms with Gasteiger partial charge in [-0.15, -0.1) is 11.8 Å². The van der Waals surface area contributed by atoms with Crippen molar-refractivity contribution in [3.05, 3.63) is 41.9 Å². The second-order valence-corrected chi connectivity index (χ2v) is 7.89. The van der Waals surface area contributed by atoms with Crippen molar-refractivity contribution in [3.8, 4) is 5.69 Å². The number of carbonyl (C=O) groups is 1. The number of anilines is 1. The molecule has 2 heterocycles. The van der Waals surface area contributed by atoms with Gasteiger partial charge in [0, 0.05) is 17.9 Å². The summed E-state index contributed by atoms with van der Waals surface area (Å²) in [6.45, 7) is 0. The molecule has 0 unspecified atom stereocenters. The molecule has 1 aromatic carbocycles. The Hall–Kier alpha value is -2.55. The molecular weight excluding hydrogens is 401 g/mol. The Labute approximate surface area is 169 Å². The molecular formula is C20H19F3N4OS. The maximum Gasteiger partial charge on any atom is 0.433 e. The molecule has 3 aromatic rings. The highest BCUT2D eigenvalue weighted by atomic mass is 32.2. The van der Waals surface area contributed by atoms with E-state index in [4.69, 9.17) is 0 Å². The van der Waals surface area contributed by atoms with Crippen LogP contribution in [-0.2, 0) is 11.0 Å². The molecule has 0 spiro atoms. The summed E-state index contributed by atoms with van der Waals surface area (Å²) >= 11 is 1.46. The number of nitrogens with zero attached hydrogens (tertiary/aromatic N) is 4. The minimum Gasteiger partial charge on any atom is -0.317 e. The third-order valence-electron chi connectivity index (χ3n) is 5.25. The number of amides is 1. The lowest BCUT2D eigenvalue weighted by atomic mass is 9.85. The van der Waals surface area contributed by atoms with Crippen LogP contribution in [0.2, 0.25) is 0 Å². The number of halogens is 3. The lowest BCUT2D eigenvalue weighted by molar-refractivity contribution is -0.141. The average Bonchev–Trinajstić information content (AvgIpc) is 3.02. The first kappa shape index (κ1) is 19.8. The second-order valence-electron chi connectivity index (χ2n) is 7.04. The van der Waals surface area contributed by atoms with E-state index in [0.717, 1.165) is 48.1 Å². The van der Waals surface area contributed by atoms with Gasteiger partial charge in [-0.3, -0.25) is 9.36 Å². The van der Waals surface area contributed by atoms with E-state index >= 15 is 0 Å². The molecule has 1 aliphatic carbocycles. The van der Waals surface area contributed by atoms with Gasteiger partial charge in [0.15, 0.2) is 5.65 Å². The molecule has 1 saturated carbocycles. The molecule has 9 heteroatoms. The number of alkyl halides is 3. The minimum atomic E-state index is -4.53. The highest BCUT2D eigenvalue weighted by Crippen LogP contribution is 2.40. The molecule has 2 aromatic heterocycles. The highest BCUT2D eigenvalue weighted by molar-refractivity contribution is 7.98. The number of imidazole rings is 1. The number of rotatable bonds is 5. The monoisotopic (exact) mass is 420 g/mol. The summed E-state index contributed by atoms with van der Waals surface area (Å²) in [7, 11) is 1.66. The van der Waals surface area contributed by atoms with Crippen molar-refractivity contribution in [3.63, 3.8) is 0 Å². The molecule has 0 saturated heterocycles. The SMILES string of the molecule is CSc1cc(-n2c(C3CCC3)nc3ccc(C(F)(F)F)nc32)ccc1N(C)C=O. The van der Waals surface area contributed by atoms with E-state index in [1.54, 1.807) is 23.7 Å². The Morgan fingerprint density at radius 3 is 2.55 bits per heavy atom. The maximum atomic E-state index is 13.3. The van der Waals surface area contributed by atoms with Crippen LogP contribution in [0.4, 0.5) is 18.9 Å². The van der Waals surface area contributed by atoms with Gasteiger partial charge < -0.3 is 4.90 Å². The molecule has 5 nitrogen and oxygen atoms in total. The summed E-state index contributed by atoms with van der Waals surface area (Å²) < 4.78 is 41.5. The lowest BCUT2D eigenvalue weighted by Gasteiger charge is -2.26. The fourth-order valence-electron chi connectivity index (χ4n) is 3.48. The summed E-state index contributed by atoms with van der Waals surface area (Å²) in [5.74, 6) is 0.940. The van der Waals surface area contributed by atoms with Crippen LogP contribution >= 0.6 is 11.8 Å². The van der Waals surface area contributed by atoms with Crippen molar-refractivity contribution in [2.24, 2.45) is 0 Å². The second kappa shape index (κ2) is 7.37. The molecule has 1 fully saturated rings. The number of benzene rings is 1. The highest BCUT2D eigenvalue weighted by Gasteiger charge is 2.34. The van der Waals surface area contributed by atoms with E-state index in [0.29, 0.717) is 11.2 Å². The molecule has 152 valence electrons. The fourth-order valence-corrected chi connectivity index (χ4v) is 4.14. The Morgan fingerprint density at radius 2 is 1.97 bits per heavy atom. The number of carbonyl (C=O) groups excluding carboxylic acids is 1. The van der Waals surface area contributed by atoms with Crippen molar-refractivity contribution < 1.29 is 18.0 Å². The standard InChI is InChI=1S/C20H19F3N4OS/c1-26(11-28)15-8-6-13(10-16(15)29-2)27-18(12-4-3-5-12)24-14-7-9-17(20(21,22)23)25-19(14)27/h6-12H,3-5H2,1-2H3. The van der Waals surface area contributed by atoms with Crippen LogP contribution in [0, 0.1) is 0 Å². The average molecular weight is 420 g/mol.